The lowest BCUT2D eigenvalue weighted by Gasteiger charge is -2.23. The summed E-state index contributed by atoms with van der Waals surface area (Å²) >= 11 is 0. The average molecular weight is 401 g/mol. The molecule has 15 heteroatoms. The van der Waals surface area contributed by atoms with Gasteiger partial charge in [-0.05, 0) is 13.5 Å². The Morgan fingerprint density at radius 2 is 1.54 bits per heavy atom. The average Bonchev–Trinajstić information content (AvgIpc) is 2.75. The SMILES string of the molecule is CN1CCc2c(S(=O)(=O)C(F)(F)F)nn(S(=O)(=O)C(F)(F)F)c2C1. The van der Waals surface area contributed by atoms with Gasteiger partial charge in [0.15, 0.2) is 5.03 Å². The van der Waals surface area contributed by atoms with Gasteiger partial charge >= 0.3 is 21.0 Å². The number of nitrogens with zero attached hydrogens (tertiary/aromatic N) is 3. The van der Waals surface area contributed by atoms with Crippen LogP contribution in [0.4, 0.5) is 26.3 Å². The van der Waals surface area contributed by atoms with Crippen molar-refractivity contribution in [2.24, 2.45) is 0 Å². The Hall–Kier alpha value is -1.35. The molecule has 1 aromatic rings. The lowest BCUT2D eigenvalue weighted by Crippen LogP contribution is -2.35. The Labute approximate surface area is 131 Å². The van der Waals surface area contributed by atoms with Crippen molar-refractivity contribution in [1.82, 2.24) is 14.1 Å². The molecule has 0 aliphatic carbocycles. The van der Waals surface area contributed by atoms with E-state index in [-0.39, 0.29) is 6.54 Å². The summed E-state index contributed by atoms with van der Waals surface area (Å²) in [5.74, 6) is 0. The van der Waals surface area contributed by atoms with Crippen LogP contribution in [0.2, 0.25) is 0 Å². The highest BCUT2D eigenvalue weighted by molar-refractivity contribution is 7.92. The van der Waals surface area contributed by atoms with Crippen molar-refractivity contribution in [2.75, 3.05) is 13.6 Å². The molecule has 1 aliphatic heterocycles. The van der Waals surface area contributed by atoms with E-state index in [2.05, 4.69) is 5.10 Å². The van der Waals surface area contributed by atoms with Crippen molar-refractivity contribution in [1.29, 1.82) is 0 Å². The fourth-order valence-electron chi connectivity index (χ4n) is 2.11. The van der Waals surface area contributed by atoms with Crippen LogP contribution in [0.15, 0.2) is 5.03 Å². The molecule has 24 heavy (non-hydrogen) atoms. The van der Waals surface area contributed by atoms with Crippen molar-refractivity contribution >= 4 is 19.9 Å². The largest absolute Gasteiger partial charge is 0.518 e. The van der Waals surface area contributed by atoms with Crippen molar-refractivity contribution < 1.29 is 43.2 Å². The molecule has 2 rings (SSSR count). The summed E-state index contributed by atoms with van der Waals surface area (Å²) in [5.41, 5.74) is -13.1. The summed E-state index contributed by atoms with van der Waals surface area (Å²) < 4.78 is 121. The maximum absolute atomic E-state index is 12.7. The second-order valence-electron chi connectivity index (χ2n) is 4.96. The number of halogens is 6. The highest BCUT2D eigenvalue weighted by Crippen LogP contribution is 2.36. The zero-order valence-electron chi connectivity index (χ0n) is 11.7. The third-order valence-electron chi connectivity index (χ3n) is 3.26. The lowest BCUT2D eigenvalue weighted by atomic mass is 10.1. The molecule has 7 nitrogen and oxygen atoms in total. The van der Waals surface area contributed by atoms with Gasteiger partial charge in [-0.15, -0.1) is 5.10 Å². The van der Waals surface area contributed by atoms with Crippen LogP contribution in [0.3, 0.4) is 0 Å². The second-order valence-corrected chi connectivity index (χ2v) is 8.58. The maximum atomic E-state index is 12.7. The monoisotopic (exact) mass is 401 g/mol. The standard InChI is InChI=1S/C9H9F6N3O4S2/c1-17-3-2-5-6(4-17)18(24(21,22)9(13,14)15)16-7(5)23(19,20)8(10,11)12/h2-4H2,1H3. The number of fused-ring (bicyclic) bond motifs is 1. The molecule has 0 unspecified atom stereocenters. The summed E-state index contributed by atoms with van der Waals surface area (Å²) in [4.78, 5) is 1.32. The minimum atomic E-state index is -6.18. The number of sulfone groups is 1. The van der Waals surface area contributed by atoms with Crippen LogP contribution in [0.1, 0.15) is 11.3 Å². The van der Waals surface area contributed by atoms with Gasteiger partial charge in [-0.25, -0.2) is 8.42 Å². The van der Waals surface area contributed by atoms with Crippen LogP contribution in [0.25, 0.3) is 0 Å². The fourth-order valence-corrected chi connectivity index (χ4v) is 3.96. The van der Waals surface area contributed by atoms with E-state index in [1.54, 1.807) is 0 Å². The van der Waals surface area contributed by atoms with E-state index in [4.69, 9.17) is 0 Å². The third kappa shape index (κ3) is 2.77. The first-order valence-corrected chi connectivity index (χ1v) is 8.95. The van der Waals surface area contributed by atoms with Gasteiger partial charge in [0.05, 0.1) is 5.69 Å². The van der Waals surface area contributed by atoms with E-state index >= 15 is 0 Å². The molecule has 138 valence electrons. The number of hydrogen-bond donors (Lipinski definition) is 0. The lowest BCUT2D eigenvalue weighted by molar-refractivity contribution is -0.0451. The zero-order valence-corrected chi connectivity index (χ0v) is 13.3. The Balaban J connectivity index is 2.82. The first-order chi connectivity index (χ1) is 10.6. The maximum Gasteiger partial charge on any atom is 0.518 e. The number of alkyl halides is 6. The van der Waals surface area contributed by atoms with E-state index in [9.17, 15) is 43.2 Å². The molecular weight excluding hydrogens is 392 g/mol. The number of likely N-dealkylation sites (N-methyl/N-ethyl adjacent to an activating group) is 1. The summed E-state index contributed by atoms with van der Waals surface area (Å²) in [6, 6.07) is 0. The fraction of sp³-hybridized carbons (Fsp3) is 0.667. The minimum absolute atomic E-state index is 0.0190. The molecule has 0 spiro atoms. The van der Waals surface area contributed by atoms with Crippen molar-refractivity contribution in [3.05, 3.63) is 11.3 Å². The van der Waals surface area contributed by atoms with Crippen LogP contribution < -0.4 is 0 Å². The van der Waals surface area contributed by atoms with Gasteiger partial charge in [0, 0.05) is 18.7 Å². The van der Waals surface area contributed by atoms with Crippen LogP contribution in [-0.4, -0.2) is 55.5 Å². The molecule has 0 saturated heterocycles. The summed E-state index contributed by atoms with van der Waals surface area (Å²) in [6.07, 6.45) is -0.399. The van der Waals surface area contributed by atoms with E-state index in [1.807, 2.05) is 0 Å². The quantitative estimate of drug-likeness (QED) is 0.683. The van der Waals surface area contributed by atoms with E-state index in [0.29, 0.717) is 0 Å². The van der Waals surface area contributed by atoms with Gasteiger partial charge in [-0.1, -0.05) is 0 Å². The Kier molecular flexibility index (Phi) is 4.21. The molecule has 1 aliphatic rings. The number of aromatic nitrogens is 2. The normalized spacial score (nSPS) is 17.8. The summed E-state index contributed by atoms with van der Waals surface area (Å²) in [5, 5.41) is 0.960. The van der Waals surface area contributed by atoms with Gasteiger partial charge in [0.1, 0.15) is 0 Å². The number of hydrogen-bond acceptors (Lipinski definition) is 6. The van der Waals surface area contributed by atoms with Gasteiger partial charge < -0.3 is 4.90 Å². The zero-order chi connectivity index (χ0) is 18.7. The van der Waals surface area contributed by atoms with Crippen LogP contribution in [0.5, 0.6) is 0 Å². The Morgan fingerprint density at radius 3 is 2.00 bits per heavy atom. The molecule has 2 heterocycles. The highest BCUT2D eigenvalue weighted by Gasteiger charge is 2.54. The van der Waals surface area contributed by atoms with Crippen molar-refractivity contribution in [3.8, 4) is 0 Å². The van der Waals surface area contributed by atoms with Crippen molar-refractivity contribution in [2.45, 2.75) is 29.0 Å². The van der Waals surface area contributed by atoms with Crippen LogP contribution >= 0.6 is 0 Å². The molecule has 0 saturated carbocycles. The molecule has 0 atom stereocenters. The summed E-state index contributed by atoms with van der Waals surface area (Å²) in [6.45, 7) is -0.490. The van der Waals surface area contributed by atoms with Gasteiger partial charge in [-0.2, -0.15) is 38.8 Å². The minimum Gasteiger partial charge on any atom is -0.300 e. The molecule has 1 aromatic heterocycles. The topological polar surface area (TPSA) is 89.3 Å². The molecule has 0 fully saturated rings. The third-order valence-corrected chi connectivity index (χ3v) is 6.05. The van der Waals surface area contributed by atoms with E-state index in [0.717, 1.165) is 0 Å². The van der Waals surface area contributed by atoms with E-state index in [1.165, 1.54) is 11.9 Å². The molecule has 0 bridgehead atoms. The number of rotatable bonds is 2. The molecule has 0 aromatic carbocycles. The molecule has 0 radical (unpaired) electrons. The highest BCUT2D eigenvalue weighted by atomic mass is 32.2. The first-order valence-electron chi connectivity index (χ1n) is 6.03. The second kappa shape index (κ2) is 5.32. The van der Waals surface area contributed by atoms with Gasteiger partial charge in [-0.3, -0.25) is 0 Å². The molecule has 0 N–H and O–H groups in total. The van der Waals surface area contributed by atoms with Gasteiger partial charge in [0.2, 0.25) is 0 Å². The van der Waals surface area contributed by atoms with E-state index < -0.39 is 64.2 Å². The first kappa shape index (κ1) is 19.0. The van der Waals surface area contributed by atoms with Crippen LogP contribution in [-0.2, 0) is 32.8 Å². The predicted octanol–water partition coefficient (Wildman–Crippen LogP) is 0.862. The van der Waals surface area contributed by atoms with Gasteiger partial charge in [0.25, 0.3) is 9.84 Å². The molecule has 0 amide bonds. The van der Waals surface area contributed by atoms with Crippen molar-refractivity contribution in [3.63, 3.8) is 0 Å². The Bertz CT molecular complexity index is 868. The Morgan fingerprint density at radius 1 is 1.00 bits per heavy atom. The summed E-state index contributed by atoms with van der Waals surface area (Å²) in [7, 11) is -10.9. The van der Waals surface area contributed by atoms with Crippen LogP contribution in [0, 0.1) is 0 Å². The smallest absolute Gasteiger partial charge is 0.300 e. The molecular formula is C9H9F6N3O4S2. The predicted molar refractivity (Wildman–Crippen MR) is 65.9 cm³/mol.